The van der Waals surface area contributed by atoms with Gasteiger partial charge in [-0.05, 0) is 12.5 Å². The lowest BCUT2D eigenvalue weighted by atomic mass is 10.1. The molecule has 2 rings (SSSR count). The second-order valence-electron chi connectivity index (χ2n) is 2.98. The Kier molecular flexibility index (Phi) is 3.72. The Balaban J connectivity index is 2.18. The van der Waals surface area contributed by atoms with Gasteiger partial charge in [-0.2, -0.15) is 0 Å². The Bertz CT molecular complexity index is 323. The molecule has 1 aliphatic heterocycles. The highest BCUT2D eigenvalue weighted by Gasteiger charge is 2.24. The number of hydrogen-bond donors (Lipinski definition) is 1. The molecule has 2 unspecified atom stereocenters. The maximum Gasteiger partial charge on any atom is 0.149 e. The minimum absolute atomic E-state index is 0.110. The standard InChI is InChI=1S/C9H10FOPS2/c10-8-4-2-1-3-7(8)9-5-6-14-12(13)11-9/h1-4,9,13H,5-6H2. The molecule has 1 aliphatic rings. The third-order valence-electron chi connectivity index (χ3n) is 2.05. The molecule has 0 spiro atoms. The van der Waals surface area contributed by atoms with Gasteiger partial charge in [-0.15, -0.1) is 12.2 Å². The van der Waals surface area contributed by atoms with E-state index in [0.29, 0.717) is 5.56 Å². The lowest BCUT2D eigenvalue weighted by Gasteiger charge is -2.26. The summed E-state index contributed by atoms with van der Waals surface area (Å²) in [6, 6.07) is 6.79. The fourth-order valence-electron chi connectivity index (χ4n) is 1.38. The zero-order chi connectivity index (χ0) is 9.97. The third kappa shape index (κ3) is 2.43. The average Bonchev–Trinajstić information content (AvgIpc) is 2.18. The number of hydrogen-bond acceptors (Lipinski definition) is 3. The topological polar surface area (TPSA) is 9.23 Å². The van der Waals surface area contributed by atoms with Crippen LogP contribution >= 0.6 is 30.2 Å². The van der Waals surface area contributed by atoms with Gasteiger partial charge in [0.15, 0.2) is 0 Å². The summed E-state index contributed by atoms with van der Waals surface area (Å²) in [5.41, 5.74) is 0.661. The molecule has 0 bridgehead atoms. The highest BCUT2D eigenvalue weighted by Crippen LogP contribution is 2.61. The van der Waals surface area contributed by atoms with Gasteiger partial charge in [-0.25, -0.2) is 4.39 Å². The molecule has 2 atom stereocenters. The summed E-state index contributed by atoms with van der Waals surface area (Å²) < 4.78 is 19.0. The van der Waals surface area contributed by atoms with Crippen molar-refractivity contribution in [3.05, 3.63) is 35.6 Å². The van der Waals surface area contributed by atoms with Gasteiger partial charge in [0.2, 0.25) is 0 Å². The van der Waals surface area contributed by atoms with Crippen molar-refractivity contribution in [2.75, 3.05) is 5.75 Å². The molecule has 0 amide bonds. The zero-order valence-electron chi connectivity index (χ0n) is 7.39. The first kappa shape index (κ1) is 10.7. The van der Waals surface area contributed by atoms with Crippen LogP contribution in [-0.4, -0.2) is 5.75 Å². The van der Waals surface area contributed by atoms with Crippen molar-refractivity contribution in [2.45, 2.75) is 12.5 Å². The molecule has 1 aromatic rings. The normalized spacial score (nSPS) is 27.6. The van der Waals surface area contributed by atoms with Crippen molar-refractivity contribution in [3.63, 3.8) is 0 Å². The van der Waals surface area contributed by atoms with Crippen molar-refractivity contribution in [1.82, 2.24) is 0 Å². The van der Waals surface area contributed by atoms with Gasteiger partial charge in [0.1, 0.15) is 12.4 Å². The van der Waals surface area contributed by atoms with Gasteiger partial charge in [0.25, 0.3) is 0 Å². The number of rotatable bonds is 1. The average molecular weight is 248 g/mol. The van der Waals surface area contributed by atoms with E-state index < -0.39 is 6.55 Å². The van der Waals surface area contributed by atoms with Gasteiger partial charge in [-0.1, -0.05) is 29.6 Å². The lowest BCUT2D eigenvalue weighted by molar-refractivity contribution is 0.228. The Morgan fingerprint density at radius 2 is 2.29 bits per heavy atom. The van der Waals surface area contributed by atoms with E-state index in [1.807, 2.05) is 6.07 Å². The highest BCUT2D eigenvalue weighted by molar-refractivity contribution is 8.82. The minimum Gasteiger partial charge on any atom is -0.331 e. The largest absolute Gasteiger partial charge is 0.331 e. The molecule has 0 saturated carbocycles. The summed E-state index contributed by atoms with van der Waals surface area (Å²) in [5, 5.41) is 0. The molecule has 0 aliphatic carbocycles. The second-order valence-corrected chi connectivity index (χ2v) is 8.00. The van der Waals surface area contributed by atoms with E-state index in [0.717, 1.165) is 12.2 Å². The molecular weight excluding hydrogens is 238 g/mol. The van der Waals surface area contributed by atoms with Crippen LogP contribution in [0.2, 0.25) is 0 Å². The van der Waals surface area contributed by atoms with Crippen LogP contribution in [0, 0.1) is 5.82 Å². The van der Waals surface area contributed by atoms with E-state index in [1.54, 1.807) is 23.5 Å². The Labute approximate surface area is 93.2 Å². The molecule has 0 aromatic heterocycles. The van der Waals surface area contributed by atoms with Gasteiger partial charge < -0.3 is 4.52 Å². The lowest BCUT2D eigenvalue weighted by Crippen LogP contribution is -2.07. The van der Waals surface area contributed by atoms with Crippen LogP contribution in [0.5, 0.6) is 0 Å². The van der Waals surface area contributed by atoms with E-state index in [9.17, 15) is 4.39 Å². The van der Waals surface area contributed by atoms with Crippen molar-refractivity contribution in [2.24, 2.45) is 0 Å². The predicted molar refractivity (Wildman–Crippen MR) is 63.2 cm³/mol. The summed E-state index contributed by atoms with van der Waals surface area (Å²) in [6.07, 6.45) is 0.756. The van der Waals surface area contributed by atoms with Crippen molar-refractivity contribution >= 4 is 30.2 Å². The van der Waals surface area contributed by atoms with Gasteiger partial charge in [-0.3, -0.25) is 0 Å². The monoisotopic (exact) mass is 248 g/mol. The van der Waals surface area contributed by atoms with E-state index in [2.05, 4.69) is 12.2 Å². The maximum atomic E-state index is 13.4. The molecule has 0 radical (unpaired) electrons. The van der Waals surface area contributed by atoms with Crippen molar-refractivity contribution in [3.8, 4) is 0 Å². The Morgan fingerprint density at radius 3 is 3.00 bits per heavy atom. The second kappa shape index (κ2) is 4.84. The van der Waals surface area contributed by atoms with Crippen LogP contribution in [0.25, 0.3) is 0 Å². The summed E-state index contributed by atoms with van der Waals surface area (Å²) >= 11 is 5.99. The quantitative estimate of drug-likeness (QED) is 0.590. The number of thiol groups is 1. The molecule has 0 N–H and O–H groups in total. The van der Waals surface area contributed by atoms with Crippen molar-refractivity contribution < 1.29 is 8.91 Å². The molecule has 5 heteroatoms. The van der Waals surface area contributed by atoms with E-state index in [4.69, 9.17) is 4.52 Å². The first-order chi connectivity index (χ1) is 6.77. The fraction of sp³-hybridized carbons (Fsp3) is 0.333. The minimum atomic E-state index is -0.723. The molecule has 14 heavy (non-hydrogen) atoms. The molecule has 1 saturated heterocycles. The Hall–Kier alpha value is 0.240. The van der Waals surface area contributed by atoms with Crippen molar-refractivity contribution in [1.29, 1.82) is 0 Å². The summed E-state index contributed by atoms with van der Waals surface area (Å²) in [6.45, 7) is -0.723. The highest BCUT2D eigenvalue weighted by atomic mass is 33.1. The smallest absolute Gasteiger partial charge is 0.149 e. The molecular formula is C9H10FOPS2. The maximum absolute atomic E-state index is 13.4. The zero-order valence-corrected chi connectivity index (χ0v) is 10.00. The van der Waals surface area contributed by atoms with Crippen LogP contribution in [-0.2, 0) is 4.52 Å². The number of halogens is 1. The van der Waals surface area contributed by atoms with Crippen LogP contribution in [0.15, 0.2) is 24.3 Å². The van der Waals surface area contributed by atoms with Crippen LogP contribution in [0.4, 0.5) is 4.39 Å². The van der Waals surface area contributed by atoms with Gasteiger partial charge in [0, 0.05) is 11.3 Å². The molecule has 76 valence electrons. The van der Waals surface area contributed by atoms with Crippen LogP contribution < -0.4 is 0 Å². The third-order valence-corrected chi connectivity index (χ3v) is 5.92. The number of benzene rings is 1. The van der Waals surface area contributed by atoms with Crippen LogP contribution in [0.3, 0.4) is 0 Å². The molecule has 1 fully saturated rings. The first-order valence-corrected chi connectivity index (χ1v) is 8.31. The van der Waals surface area contributed by atoms with Crippen LogP contribution in [0.1, 0.15) is 18.1 Å². The summed E-state index contributed by atoms with van der Waals surface area (Å²) in [4.78, 5) is 0. The molecule has 1 aromatic carbocycles. The molecule has 1 heterocycles. The van der Waals surface area contributed by atoms with E-state index in [-0.39, 0.29) is 11.9 Å². The van der Waals surface area contributed by atoms with E-state index in [1.165, 1.54) is 6.07 Å². The summed E-state index contributed by atoms with van der Waals surface area (Å²) in [5.74, 6) is 0.815. The SMILES string of the molecule is Fc1ccccc1C1CCSP(S)O1. The van der Waals surface area contributed by atoms with Gasteiger partial charge in [0.05, 0.1) is 6.10 Å². The first-order valence-electron chi connectivity index (χ1n) is 4.30. The summed E-state index contributed by atoms with van der Waals surface area (Å²) in [7, 11) is 0. The predicted octanol–water partition coefficient (Wildman–Crippen LogP) is 4.18. The Morgan fingerprint density at radius 1 is 1.50 bits per heavy atom. The van der Waals surface area contributed by atoms with E-state index >= 15 is 0 Å². The molecule has 1 nitrogen and oxygen atoms in total. The van der Waals surface area contributed by atoms with Gasteiger partial charge >= 0.3 is 0 Å². The fourth-order valence-corrected chi connectivity index (χ4v) is 4.71.